The van der Waals surface area contributed by atoms with Crippen molar-refractivity contribution in [3.8, 4) is 5.69 Å². The summed E-state index contributed by atoms with van der Waals surface area (Å²) in [6.45, 7) is 0.474. The molecule has 1 aliphatic heterocycles. The van der Waals surface area contributed by atoms with Gasteiger partial charge in [-0.2, -0.15) is 0 Å². The number of nitrogens with zero attached hydrogens (tertiary/aromatic N) is 5. The van der Waals surface area contributed by atoms with E-state index < -0.39 is 0 Å². The lowest BCUT2D eigenvalue weighted by atomic mass is 10.1. The Labute approximate surface area is 146 Å². The largest absolute Gasteiger partial charge is 0.282 e. The fraction of sp³-hybridized carbons (Fsp3) is 0.125. The summed E-state index contributed by atoms with van der Waals surface area (Å²) in [6.07, 6.45) is 3.73. The molecule has 3 heterocycles. The molecule has 114 valence electrons. The average Bonchev–Trinajstić information content (AvgIpc) is 2.99. The van der Waals surface area contributed by atoms with Gasteiger partial charge < -0.3 is 0 Å². The molecule has 0 atom stereocenters. The van der Waals surface area contributed by atoms with Gasteiger partial charge in [-0.05, 0) is 24.5 Å². The van der Waals surface area contributed by atoms with Crippen molar-refractivity contribution < 1.29 is 0 Å². The van der Waals surface area contributed by atoms with Gasteiger partial charge in [0.15, 0.2) is 5.82 Å². The fourth-order valence-electron chi connectivity index (χ4n) is 2.57. The number of fused-ring (bicyclic) bond motifs is 3. The minimum absolute atomic E-state index is 0.474. The highest BCUT2D eigenvalue weighted by Gasteiger charge is 2.22. The minimum atomic E-state index is 0.474. The summed E-state index contributed by atoms with van der Waals surface area (Å²) in [4.78, 5) is 9.58. The lowest BCUT2D eigenvalue weighted by Gasteiger charge is -2.12. The van der Waals surface area contributed by atoms with Crippen molar-refractivity contribution in [1.82, 2.24) is 19.7 Å². The van der Waals surface area contributed by atoms with Crippen LogP contribution >= 0.6 is 27.7 Å². The molecule has 23 heavy (non-hydrogen) atoms. The summed E-state index contributed by atoms with van der Waals surface area (Å²) < 4.78 is 2.96. The number of hydrogen-bond donors (Lipinski definition) is 0. The summed E-state index contributed by atoms with van der Waals surface area (Å²) in [5.74, 6) is 0.812. The van der Waals surface area contributed by atoms with Crippen LogP contribution in [-0.4, -0.2) is 31.7 Å². The fourth-order valence-corrected chi connectivity index (χ4v) is 3.43. The van der Waals surface area contributed by atoms with Crippen LogP contribution in [-0.2, 0) is 6.54 Å². The van der Waals surface area contributed by atoms with Crippen LogP contribution in [0.3, 0.4) is 0 Å². The van der Waals surface area contributed by atoms with E-state index in [4.69, 9.17) is 9.98 Å². The maximum atomic E-state index is 4.80. The second kappa shape index (κ2) is 5.90. The second-order valence-corrected chi connectivity index (χ2v) is 6.66. The van der Waals surface area contributed by atoms with E-state index in [2.05, 4.69) is 32.2 Å². The lowest BCUT2D eigenvalue weighted by molar-refractivity contribution is 0.867. The number of thioether (sulfide) groups is 1. The molecule has 1 aliphatic rings. The molecule has 0 radical (unpaired) electrons. The predicted molar refractivity (Wildman–Crippen MR) is 94.4 cm³/mol. The van der Waals surface area contributed by atoms with Crippen LogP contribution in [0.5, 0.6) is 0 Å². The number of pyridine rings is 1. The van der Waals surface area contributed by atoms with Crippen molar-refractivity contribution in [2.75, 3.05) is 6.26 Å². The highest BCUT2D eigenvalue weighted by molar-refractivity contribution is 9.10. The first-order chi connectivity index (χ1) is 11.3. The summed E-state index contributed by atoms with van der Waals surface area (Å²) in [6, 6.07) is 12.1. The monoisotopic (exact) mass is 385 g/mol. The predicted octanol–water partition coefficient (Wildman–Crippen LogP) is 3.50. The molecule has 2 aromatic heterocycles. The van der Waals surface area contributed by atoms with Crippen molar-refractivity contribution in [2.45, 2.75) is 11.6 Å². The van der Waals surface area contributed by atoms with Crippen LogP contribution in [0.15, 0.2) is 57.2 Å². The van der Waals surface area contributed by atoms with Gasteiger partial charge in [0, 0.05) is 10.0 Å². The summed E-state index contributed by atoms with van der Waals surface area (Å²) >= 11 is 5.24. The zero-order chi connectivity index (χ0) is 15.8. The molecular weight excluding hydrogens is 374 g/mol. The minimum Gasteiger partial charge on any atom is -0.282 e. The van der Waals surface area contributed by atoms with Gasteiger partial charge >= 0.3 is 0 Å². The van der Waals surface area contributed by atoms with Gasteiger partial charge in [0.25, 0.3) is 0 Å². The van der Waals surface area contributed by atoms with E-state index in [1.165, 1.54) is 0 Å². The lowest BCUT2D eigenvalue weighted by Crippen LogP contribution is -2.10. The van der Waals surface area contributed by atoms with Gasteiger partial charge in [-0.1, -0.05) is 34.1 Å². The number of halogens is 1. The Hall–Kier alpha value is -1.99. The molecular formula is C16H12BrN5S. The Morgan fingerprint density at radius 3 is 2.87 bits per heavy atom. The van der Waals surface area contributed by atoms with Gasteiger partial charge in [0.1, 0.15) is 18.6 Å². The van der Waals surface area contributed by atoms with Gasteiger partial charge in [-0.25, -0.2) is 4.98 Å². The van der Waals surface area contributed by atoms with E-state index >= 15 is 0 Å². The summed E-state index contributed by atoms with van der Waals surface area (Å²) in [7, 11) is 0. The van der Waals surface area contributed by atoms with Crippen molar-refractivity contribution in [3.63, 3.8) is 0 Å². The maximum Gasteiger partial charge on any atom is 0.159 e. The molecule has 7 heteroatoms. The Balaban J connectivity index is 2.00. The molecule has 1 aromatic carbocycles. The Kier molecular flexibility index (Phi) is 3.74. The molecule has 4 rings (SSSR count). The molecule has 0 unspecified atom stereocenters. The molecule has 3 aromatic rings. The second-order valence-electron chi connectivity index (χ2n) is 4.98. The van der Waals surface area contributed by atoms with Gasteiger partial charge in [-0.3, -0.25) is 9.56 Å². The zero-order valence-electron chi connectivity index (χ0n) is 12.3. The quantitative estimate of drug-likeness (QED) is 0.633. The number of hydrogen-bond acceptors (Lipinski definition) is 5. The van der Waals surface area contributed by atoms with Gasteiger partial charge in [-0.15, -0.1) is 22.0 Å². The topological polar surface area (TPSA) is 56.0 Å². The Bertz CT molecular complexity index is 918. The van der Waals surface area contributed by atoms with Gasteiger partial charge in [0.05, 0.1) is 16.4 Å². The molecule has 0 saturated heterocycles. The molecule has 0 saturated carbocycles. The standard InChI is InChI=1S/C16H12BrN5S/c1-23-14-7-6-12-16(20-14)15(10-4-2-3-5-11(10)17)18-8-13-21-19-9-22(12)13/h2-7,9H,8H2,1H3. The van der Waals surface area contributed by atoms with Crippen LogP contribution in [0.4, 0.5) is 0 Å². The van der Waals surface area contributed by atoms with E-state index in [0.717, 1.165) is 38.0 Å². The molecule has 0 aliphatic carbocycles. The number of aromatic nitrogens is 4. The average molecular weight is 386 g/mol. The Morgan fingerprint density at radius 1 is 1.17 bits per heavy atom. The Morgan fingerprint density at radius 2 is 2.04 bits per heavy atom. The third-order valence-corrected chi connectivity index (χ3v) is 5.00. The molecule has 0 bridgehead atoms. The van der Waals surface area contributed by atoms with Gasteiger partial charge in [0.2, 0.25) is 0 Å². The smallest absolute Gasteiger partial charge is 0.159 e. The molecule has 0 amide bonds. The van der Waals surface area contributed by atoms with Crippen molar-refractivity contribution in [3.05, 3.63) is 64.3 Å². The van der Waals surface area contributed by atoms with Crippen LogP contribution in [0.25, 0.3) is 5.69 Å². The third kappa shape index (κ3) is 2.49. The van der Waals surface area contributed by atoms with Crippen LogP contribution < -0.4 is 0 Å². The van der Waals surface area contributed by atoms with Crippen molar-refractivity contribution in [1.29, 1.82) is 0 Å². The summed E-state index contributed by atoms with van der Waals surface area (Å²) in [5.41, 5.74) is 3.70. The first kappa shape index (κ1) is 14.6. The third-order valence-electron chi connectivity index (χ3n) is 3.67. The molecule has 0 spiro atoms. The molecule has 0 fully saturated rings. The highest BCUT2D eigenvalue weighted by Crippen LogP contribution is 2.28. The van der Waals surface area contributed by atoms with Crippen molar-refractivity contribution >= 4 is 33.4 Å². The highest BCUT2D eigenvalue weighted by atomic mass is 79.9. The number of benzene rings is 1. The normalized spacial score (nSPS) is 13.0. The number of aliphatic imine (C=N–C) groups is 1. The van der Waals surface area contributed by atoms with E-state index in [1.54, 1.807) is 18.1 Å². The van der Waals surface area contributed by atoms with Crippen molar-refractivity contribution in [2.24, 2.45) is 4.99 Å². The van der Waals surface area contributed by atoms with E-state index in [-0.39, 0.29) is 0 Å². The van der Waals surface area contributed by atoms with E-state index in [0.29, 0.717) is 6.54 Å². The molecule has 5 nitrogen and oxygen atoms in total. The summed E-state index contributed by atoms with van der Waals surface area (Å²) in [5, 5.41) is 9.13. The van der Waals surface area contributed by atoms with E-state index in [9.17, 15) is 0 Å². The first-order valence-electron chi connectivity index (χ1n) is 7.02. The van der Waals surface area contributed by atoms with E-state index in [1.807, 2.05) is 41.2 Å². The van der Waals surface area contributed by atoms with Crippen LogP contribution in [0, 0.1) is 0 Å². The SMILES string of the molecule is CSc1ccc2c(n1)C(c1ccccc1Br)=NCc1nncn1-2. The molecule has 0 N–H and O–H groups in total. The van der Waals surface area contributed by atoms with Crippen LogP contribution in [0.1, 0.15) is 17.1 Å². The maximum absolute atomic E-state index is 4.80. The van der Waals surface area contributed by atoms with Crippen LogP contribution in [0.2, 0.25) is 0 Å². The zero-order valence-corrected chi connectivity index (χ0v) is 14.7. The first-order valence-corrected chi connectivity index (χ1v) is 9.03. The number of rotatable bonds is 2.